The maximum atomic E-state index is 9.92. The molecule has 0 saturated heterocycles. The fourth-order valence-electron chi connectivity index (χ4n) is 3.58. The molecule has 0 amide bonds. The number of nitrogens with zero attached hydrogens (tertiary/aromatic N) is 3. The third-order valence-electron chi connectivity index (χ3n) is 4.84. The Balaban J connectivity index is 1.98. The van der Waals surface area contributed by atoms with E-state index in [4.69, 9.17) is 18.9 Å². The van der Waals surface area contributed by atoms with Crippen molar-refractivity contribution in [1.29, 1.82) is 5.26 Å². The summed E-state index contributed by atoms with van der Waals surface area (Å²) in [6.07, 6.45) is 13.8. The Kier molecular flexibility index (Phi) is 6.08. The lowest BCUT2D eigenvalue weighted by Crippen LogP contribution is -2.25. The van der Waals surface area contributed by atoms with Crippen LogP contribution in [0.3, 0.4) is 0 Å². The van der Waals surface area contributed by atoms with E-state index in [1.165, 1.54) is 18.8 Å². The van der Waals surface area contributed by atoms with E-state index in [0.717, 1.165) is 23.9 Å². The van der Waals surface area contributed by atoms with E-state index in [0.29, 0.717) is 47.4 Å². The molecule has 0 N–H and O–H groups in total. The van der Waals surface area contributed by atoms with E-state index < -0.39 is 0 Å². The highest BCUT2D eigenvalue weighted by Crippen LogP contribution is 2.41. The second-order valence-corrected chi connectivity index (χ2v) is 6.76. The molecule has 31 heavy (non-hydrogen) atoms. The summed E-state index contributed by atoms with van der Waals surface area (Å²) in [4.78, 5) is 6.41. The van der Waals surface area contributed by atoms with Gasteiger partial charge in [-0.05, 0) is 38.8 Å². The zero-order valence-corrected chi connectivity index (χ0v) is 17.5. The first-order chi connectivity index (χ1) is 15.3. The van der Waals surface area contributed by atoms with E-state index in [-0.39, 0.29) is 0 Å². The quantitative estimate of drug-likeness (QED) is 0.608. The molecule has 2 heterocycles. The standard InChI is InChI=1S/C24H23N3O4/c1-3-29-21-12-19-20(13-22(21)30-4-2)26-15-17(14-25)24(19)27(18-8-6-5-7-9-18)23-16-28-10-11-31-23/h5-6,8,10-13,15-16H,3-4,7,9H2,1-2H3. The highest BCUT2D eigenvalue weighted by atomic mass is 16.5. The molecule has 1 aromatic heterocycles. The number of hydrogen-bond acceptors (Lipinski definition) is 7. The van der Waals surface area contributed by atoms with Crippen LogP contribution < -0.4 is 14.4 Å². The van der Waals surface area contributed by atoms with E-state index in [1.807, 2.05) is 43.0 Å². The Hall–Kier alpha value is -3.92. The monoisotopic (exact) mass is 417 g/mol. The van der Waals surface area contributed by atoms with Crippen molar-refractivity contribution < 1.29 is 18.9 Å². The molecule has 0 bridgehead atoms. The van der Waals surface area contributed by atoms with Crippen LogP contribution in [0.25, 0.3) is 10.9 Å². The molecule has 0 fully saturated rings. The summed E-state index contributed by atoms with van der Waals surface area (Å²) in [5, 5.41) is 10.7. The van der Waals surface area contributed by atoms with Crippen LogP contribution in [0.2, 0.25) is 0 Å². The van der Waals surface area contributed by atoms with Crippen molar-refractivity contribution in [3.63, 3.8) is 0 Å². The Morgan fingerprint density at radius 2 is 1.97 bits per heavy atom. The Bertz CT molecular complexity index is 1140. The van der Waals surface area contributed by atoms with Crippen LogP contribution in [0, 0.1) is 11.3 Å². The Labute approximate surface area is 181 Å². The van der Waals surface area contributed by atoms with Crippen LogP contribution in [0.15, 0.2) is 66.9 Å². The maximum absolute atomic E-state index is 9.92. The Morgan fingerprint density at radius 1 is 1.16 bits per heavy atom. The van der Waals surface area contributed by atoms with Crippen LogP contribution in [0.4, 0.5) is 5.69 Å². The van der Waals surface area contributed by atoms with E-state index in [1.54, 1.807) is 6.20 Å². The highest BCUT2D eigenvalue weighted by molar-refractivity contribution is 5.98. The average Bonchev–Trinajstić information content (AvgIpc) is 2.81. The third kappa shape index (κ3) is 4.05. The van der Waals surface area contributed by atoms with Gasteiger partial charge in [-0.1, -0.05) is 12.2 Å². The first kappa shape index (κ1) is 20.4. The number of fused-ring (bicyclic) bond motifs is 1. The van der Waals surface area contributed by atoms with Gasteiger partial charge in [-0.2, -0.15) is 5.26 Å². The van der Waals surface area contributed by atoms with Gasteiger partial charge >= 0.3 is 0 Å². The van der Waals surface area contributed by atoms with E-state index in [2.05, 4.69) is 17.1 Å². The van der Waals surface area contributed by atoms with Gasteiger partial charge < -0.3 is 18.9 Å². The lowest BCUT2D eigenvalue weighted by Gasteiger charge is -2.31. The van der Waals surface area contributed by atoms with Gasteiger partial charge in [-0.3, -0.25) is 9.88 Å². The average molecular weight is 417 g/mol. The van der Waals surface area contributed by atoms with Gasteiger partial charge in [0.15, 0.2) is 17.8 Å². The number of allylic oxidation sites excluding steroid dienone is 4. The first-order valence-electron chi connectivity index (χ1n) is 10.2. The number of ether oxygens (including phenoxy) is 4. The fourth-order valence-corrected chi connectivity index (χ4v) is 3.58. The van der Waals surface area contributed by atoms with Gasteiger partial charge in [-0.25, -0.2) is 0 Å². The minimum Gasteiger partial charge on any atom is -0.490 e. The summed E-state index contributed by atoms with van der Waals surface area (Å²) >= 11 is 0. The molecule has 1 aliphatic carbocycles. The summed E-state index contributed by atoms with van der Waals surface area (Å²) in [6.45, 7) is 4.83. The van der Waals surface area contributed by atoms with Crippen LogP contribution in [0.1, 0.15) is 32.3 Å². The van der Waals surface area contributed by atoms with Crippen LogP contribution in [-0.4, -0.2) is 18.2 Å². The number of nitriles is 1. The molecule has 2 aromatic rings. The molecule has 0 radical (unpaired) electrons. The minimum atomic E-state index is 0.411. The van der Waals surface area contributed by atoms with Crippen molar-refractivity contribution in [2.75, 3.05) is 18.1 Å². The third-order valence-corrected chi connectivity index (χ3v) is 4.84. The molecule has 0 spiro atoms. The summed E-state index contributed by atoms with van der Waals surface area (Å²) in [6, 6.07) is 5.99. The SMILES string of the molecule is CCOc1cc2ncc(C#N)c(N(C3=CC=CCC3)C3=COC=CO3)c2cc1OCC. The molecular formula is C24H23N3O4. The smallest absolute Gasteiger partial charge is 0.239 e. The van der Waals surface area contributed by atoms with Crippen molar-refractivity contribution in [2.45, 2.75) is 26.7 Å². The number of benzene rings is 1. The van der Waals surface area contributed by atoms with Crippen molar-refractivity contribution in [3.8, 4) is 17.6 Å². The molecule has 158 valence electrons. The lowest BCUT2D eigenvalue weighted by molar-refractivity contribution is 0.251. The summed E-state index contributed by atoms with van der Waals surface area (Å²) in [5.74, 6) is 1.67. The zero-order chi connectivity index (χ0) is 21.6. The van der Waals surface area contributed by atoms with E-state index >= 15 is 0 Å². The number of anilines is 1. The molecule has 0 unspecified atom stereocenters. The van der Waals surface area contributed by atoms with Gasteiger partial charge in [0.2, 0.25) is 5.88 Å². The molecule has 0 atom stereocenters. The molecule has 7 heteroatoms. The number of hydrogen-bond donors (Lipinski definition) is 0. The second kappa shape index (κ2) is 9.26. The second-order valence-electron chi connectivity index (χ2n) is 6.76. The molecule has 2 aliphatic rings. The zero-order valence-electron chi connectivity index (χ0n) is 17.5. The molecule has 7 nitrogen and oxygen atoms in total. The van der Waals surface area contributed by atoms with Crippen LogP contribution in [0.5, 0.6) is 11.5 Å². The predicted molar refractivity (Wildman–Crippen MR) is 117 cm³/mol. The van der Waals surface area contributed by atoms with Gasteiger partial charge in [-0.15, -0.1) is 0 Å². The largest absolute Gasteiger partial charge is 0.490 e. The summed E-state index contributed by atoms with van der Waals surface area (Å²) in [7, 11) is 0. The minimum absolute atomic E-state index is 0.411. The van der Waals surface area contributed by atoms with Crippen LogP contribution >= 0.6 is 0 Å². The fraction of sp³-hybridized carbons (Fsp3) is 0.250. The van der Waals surface area contributed by atoms with Crippen molar-refractivity contribution >= 4 is 16.6 Å². The topological polar surface area (TPSA) is 76.8 Å². The normalized spacial score (nSPS) is 14.7. The molecule has 4 rings (SSSR count). The van der Waals surface area contributed by atoms with Gasteiger partial charge in [0.1, 0.15) is 18.6 Å². The van der Waals surface area contributed by atoms with Gasteiger partial charge in [0.25, 0.3) is 0 Å². The molecule has 1 aromatic carbocycles. The summed E-state index contributed by atoms with van der Waals surface area (Å²) in [5.41, 5.74) is 2.73. The number of rotatable bonds is 7. The first-order valence-corrected chi connectivity index (χ1v) is 10.2. The highest BCUT2D eigenvalue weighted by Gasteiger charge is 2.26. The van der Waals surface area contributed by atoms with Gasteiger partial charge in [0, 0.05) is 23.3 Å². The number of aromatic nitrogens is 1. The van der Waals surface area contributed by atoms with Gasteiger partial charge in [0.05, 0.1) is 30.0 Å². The summed E-state index contributed by atoms with van der Waals surface area (Å²) < 4.78 is 22.7. The van der Waals surface area contributed by atoms with E-state index in [9.17, 15) is 5.26 Å². The molecular weight excluding hydrogens is 394 g/mol. The molecule has 0 saturated carbocycles. The lowest BCUT2D eigenvalue weighted by atomic mass is 10.0. The number of pyridine rings is 1. The van der Waals surface area contributed by atoms with Crippen molar-refractivity contribution in [1.82, 2.24) is 4.98 Å². The Morgan fingerprint density at radius 3 is 2.61 bits per heavy atom. The van der Waals surface area contributed by atoms with Crippen molar-refractivity contribution in [2.24, 2.45) is 0 Å². The predicted octanol–water partition coefficient (Wildman–Crippen LogP) is 5.26. The maximum Gasteiger partial charge on any atom is 0.239 e. The van der Waals surface area contributed by atoms with Crippen LogP contribution in [-0.2, 0) is 9.47 Å². The molecule has 1 aliphatic heterocycles. The van der Waals surface area contributed by atoms with Crippen molar-refractivity contribution in [3.05, 3.63) is 72.5 Å².